The predicted octanol–water partition coefficient (Wildman–Crippen LogP) is 1.54. The van der Waals surface area contributed by atoms with Gasteiger partial charge in [0.1, 0.15) is 31.0 Å². The Hall–Kier alpha value is -0.730. The minimum absolute atomic E-state index is 0.0186. The van der Waals surface area contributed by atoms with Crippen molar-refractivity contribution in [1.82, 2.24) is 0 Å². The Morgan fingerprint density at radius 2 is 1.58 bits per heavy atom. The number of esters is 1. The number of rotatable bonds is 13. The molecule has 4 atom stereocenters. The van der Waals surface area contributed by atoms with Crippen molar-refractivity contribution in [3.8, 4) is 0 Å². The highest BCUT2D eigenvalue weighted by Crippen LogP contribution is 2.18. The van der Waals surface area contributed by atoms with E-state index in [-0.39, 0.29) is 19.2 Å². The topological polar surface area (TPSA) is 116 Å². The van der Waals surface area contributed by atoms with E-state index < -0.39 is 24.4 Å². The molecule has 0 bridgehead atoms. The smallest absolute Gasteiger partial charge is 0.305 e. The number of hydrogen-bond donors (Lipinski definition) is 4. The summed E-state index contributed by atoms with van der Waals surface area (Å²) in [6.07, 6.45) is 6.84. The molecule has 1 fully saturated rings. The molecule has 0 aliphatic carbocycles. The van der Waals surface area contributed by atoms with Gasteiger partial charge >= 0.3 is 5.97 Å². The molecule has 1 aliphatic heterocycles. The molecule has 7 nitrogen and oxygen atoms in total. The van der Waals surface area contributed by atoms with Crippen molar-refractivity contribution < 1.29 is 34.7 Å². The van der Waals surface area contributed by atoms with E-state index in [1.54, 1.807) is 0 Å². The van der Waals surface area contributed by atoms with Crippen molar-refractivity contribution in [3.05, 3.63) is 0 Å². The average molecular weight is 379 g/mol. The Labute approximate surface area is 157 Å². The minimum Gasteiger partial charge on any atom is -0.463 e. The number of carbonyl (C=O) groups is 1. The zero-order valence-corrected chi connectivity index (χ0v) is 16.3. The number of unbranched alkanes of at least 4 members (excludes halogenated alkanes) is 8. The molecule has 0 radical (unpaired) electrons. The van der Waals surface area contributed by atoms with Gasteiger partial charge in [0.15, 0.2) is 0 Å². The van der Waals surface area contributed by atoms with Gasteiger partial charge in [-0.1, -0.05) is 58.3 Å². The van der Waals surface area contributed by atoms with Crippen LogP contribution < -0.4 is 0 Å². The molecule has 0 spiro atoms. The summed E-state index contributed by atoms with van der Waals surface area (Å²) in [7, 11) is 1.00. The molecule has 0 aromatic heterocycles. The van der Waals surface area contributed by atoms with Crippen LogP contribution >= 0.6 is 0 Å². The Kier molecular flexibility index (Phi) is 16.0. The lowest BCUT2D eigenvalue weighted by Gasteiger charge is -2.20. The van der Waals surface area contributed by atoms with Crippen LogP contribution in [0.1, 0.15) is 71.1 Å². The third-order valence-corrected chi connectivity index (χ3v) is 4.47. The summed E-state index contributed by atoms with van der Waals surface area (Å²) in [5.41, 5.74) is 0. The van der Waals surface area contributed by atoms with Crippen molar-refractivity contribution in [3.63, 3.8) is 0 Å². The molecule has 7 heteroatoms. The number of aliphatic hydroxyl groups is 4. The molecule has 1 aliphatic rings. The lowest BCUT2D eigenvalue weighted by atomic mass is 10.1. The standard InChI is InChI=1S/C18H34O6.CH4O/c1-2-3-4-5-6-7-8-9-10-11-16(21)23-13-15(20)18-17(22)14(19)12-24-18;1-2/h14-15,17-20,22H,2-13H2,1H3;2H,1H3/t14-,15+,17+,18+;/m0./s1. The largest absolute Gasteiger partial charge is 0.463 e. The second-order valence-corrected chi connectivity index (χ2v) is 6.68. The summed E-state index contributed by atoms with van der Waals surface area (Å²) in [5, 5.41) is 35.8. The summed E-state index contributed by atoms with van der Waals surface area (Å²) in [4.78, 5) is 11.6. The minimum atomic E-state index is -1.14. The Balaban J connectivity index is 0.00000301. The first-order valence-electron chi connectivity index (χ1n) is 9.82. The van der Waals surface area contributed by atoms with E-state index in [9.17, 15) is 20.1 Å². The van der Waals surface area contributed by atoms with Gasteiger partial charge in [-0.3, -0.25) is 4.79 Å². The first-order chi connectivity index (χ1) is 12.6. The lowest BCUT2D eigenvalue weighted by Crippen LogP contribution is -2.41. The highest BCUT2D eigenvalue weighted by Gasteiger charge is 2.39. The predicted molar refractivity (Wildman–Crippen MR) is 98.7 cm³/mol. The van der Waals surface area contributed by atoms with Crippen LogP contribution in [0.2, 0.25) is 0 Å². The molecular formula is C19H38O7. The van der Waals surface area contributed by atoms with E-state index in [4.69, 9.17) is 14.6 Å². The molecule has 0 aromatic carbocycles. The molecule has 1 saturated heterocycles. The van der Waals surface area contributed by atoms with Crippen LogP contribution in [0.15, 0.2) is 0 Å². The van der Waals surface area contributed by atoms with E-state index in [0.717, 1.165) is 26.4 Å². The van der Waals surface area contributed by atoms with E-state index >= 15 is 0 Å². The van der Waals surface area contributed by atoms with Crippen LogP contribution in [-0.4, -0.2) is 71.1 Å². The number of aliphatic hydroxyl groups excluding tert-OH is 4. The van der Waals surface area contributed by atoms with Gasteiger partial charge in [0.2, 0.25) is 0 Å². The van der Waals surface area contributed by atoms with Gasteiger partial charge in [0, 0.05) is 13.5 Å². The lowest BCUT2D eigenvalue weighted by molar-refractivity contribution is -0.151. The molecule has 1 rings (SSSR count). The molecule has 156 valence electrons. The van der Waals surface area contributed by atoms with Crippen LogP contribution in [0.5, 0.6) is 0 Å². The zero-order valence-electron chi connectivity index (χ0n) is 16.3. The highest BCUT2D eigenvalue weighted by atomic mass is 16.6. The summed E-state index contributed by atoms with van der Waals surface area (Å²) in [5.74, 6) is -0.343. The molecular weight excluding hydrogens is 340 g/mol. The molecule has 4 N–H and O–H groups in total. The fourth-order valence-corrected chi connectivity index (χ4v) is 2.89. The molecule has 0 unspecified atom stereocenters. The first-order valence-corrected chi connectivity index (χ1v) is 9.82. The van der Waals surface area contributed by atoms with Crippen molar-refractivity contribution in [1.29, 1.82) is 0 Å². The second-order valence-electron chi connectivity index (χ2n) is 6.68. The van der Waals surface area contributed by atoms with Crippen molar-refractivity contribution in [2.24, 2.45) is 0 Å². The molecule has 0 saturated carbocycles. The van der Waals surface area contributed by atoms with Gasteiger partial charge in [-0.2, -0.15) is 0 Å². The van der Waals surface area contributed by atoms with Gasteiger partial charge in [-0.05, 0) is 6.42 Å². The van der Waals surface area contributed by atoms with Gasteiger partial charge in [0.25, 0.3) is 0 Å². The number of carbonyl (C=O) groups excluding carboxylic acids is 1. The van der Waals surface area contributed by atoms with Gasteiger partial charge in [0.05, 0.1) is 6.61 Å². The van der Waals surface area contributed by atoms with Gasteiger partial charge < -0.3 is 29.9 Å². The van der Waals surface area contributed by atoms with Crippen molar-refractivity contribution in [2.45, 2.75) is 95.5 Å². The Morgan fingerprint density at radius 3 is 2.08 bits per heavy atom. The zero-order chi connectivity index (χ0) is 19.8. The maximum atomic E-state index is 11.6. The average Bonchev–Trinajstić information content (AvgIpc) is 2.99. The highest BCUT2D eigenvalue weighted by molar-refractivity contribution is 5.69. The van der Waals surface area contributed by atoms with Crippen LogP contribution in [0.25, 0.3) is 0 Å². The molecule has 0 amide bonds. The SMILES string of the molecule is CCCCCCCCCCCC(=O)OC[C@@H](O)[C@H]1OC[C@H](O)[C@H]1O.CO. The summed E-state index contributed by atoms with van der Waals surface area (Å²) in [6, 6.07) is 0. The third-order valence-electron chi connectivity index (χ3n) is 4.47. The summed E-state index contributed by atoms with van der Waals surface area (Å²) < 4.78 is 10.1. The monoisotopic (exact) mass is 378 g/mol. The normalized spacial score (nSPS) is 23.2. The van der Waals surface area contributed by atoms with E-state index in [0.29, 0.717) is 6.42 Å². The van der Waals surface area contributed by atoms with Crippen LogP contribution in [-0.2, 0) is 14.3 Å². The van der Waals surface area contributed by atoms with E-state index in [1.807, 2.05) is 0 Å². The Bertz CT molecular complexity index is 338. The molecule has 26 heavy (non-hydrogen) atoms. The number of ether oxygens (including phenoxy) is 2. The van der Waals surface area contributed by atoms with E-state index in [2.05, 4.69) is 6.92 Å². The number of hydrogen-bond acceptors (Lipinski definition) is 7. The summed E-state index contributed by atoms with van der Waals surface area (Å²) in [6.45, 7) is 1.98. The first kappa shape index (κ1) is 25.3. The summed E-state index contributed by atoms with van der Waals surface area (Å²) >= 11 is 0. The van der Waals surface area contributed by atoms with Gasteiger partial charge in [-0.15, -0.1) is 0 Å². The van der Waals surface area contributed by atoms with Crippen molar-refractivity contribution >= 4 is 5.97 Å². The third kappa shape index (κ3) is 11.1. The molecule has 1 heterocycles. The van der Waals surface area contributed by atoms with Crippen LogP contribution in [0.3, 0.4) is 0 Å². The quantitative estimate of drug-likeness (QED) is 0.284. The maximum Gasteiger partial charge on any atom is 0.305 e. The van der Waals surface area contributed by atoms with Crippen LogP contribution in [0, 0.1) is 0 Å². The van der Waals surface area contributed by atoms with Crippen molar-refractivity contribution in [2.75, 3.05) is 20.3 Å². The van der Waals surface area contributed by atoms with Crippen LogP contribution in [0.4, 0.5) is 0 Å². The van der Waals surface area contributed by atoms with Gasteiger partial charge in [-0.25, -0.2) is 0 Å². The maximum absolute atomic E-state index is 11.6. The second kappa shape index (κ2) is 16.4. The van der Waals surface area contributed by atoms with E-state index in [1.165, 1.54) is 38.5 Å². The fourth-order valence-electron chi connectivity index (χ4n) is 2.89. The molecule has 0 aromatic rings. The Morgan fingerprint density at radius 1 is 1.04 bits per heavy atom. The fraction of sp³-hybridized carbons (Fsp3) is 0.947.